The first-order valence-corrected chi connectivity index (χ1v) is 8.60. The monoisotopic (exact) mass is 446 g/mol. The van der Waals surface area contributed by atoms with Crippen LogP contribution in [-0.4, -0.2) is 23.8 Å². The molecule has 1 heterocycles. The van der Waals surface area contributed by atoms with Crippen LogP contribution in [-0.2, 0) is 4.79 Å². The van der Waals surface area contributed by atoms with Gasteiger partial charge in [-0.3, -0.25) is 10.2 Å². The average molecular weight is 446 g/mol. The highest BCUT2D eigenvalue weighted by atomic mass is 127. The number of rotatable bonds is 6. The van der Waals surface area contributed by atoms with E-state index in [0.717, 1.165) is 9.13 Å². The molecule has 0 saturated heterocycles. The molecule has 0 amide bonds. The summed E-state index contributed by atoms with van der Waals surface area (Å²) in [5.41, 5.74) is 9.14. The molecule has 0 aliphatic heterocycles. The zero-order valence-corrected chi connectivity index (χ0v) is 15.5. The maximum absolute atomic E-state index is 11.2. The third kappa shape index (κ3) is 5.06. The first-order valence-electron chi connectivity index (χ1n) is 6.64. The number of benzene rings is 1. The largest absolute Gasteiger partial charge is 0.490 e. The van der Waals surface area contributed by atoms with Crippen molar-refractivity contribution < 1.29 is 14.3 Å². The molecule has 2 rings (SSSR count). The van der Waals surface area contributed by atoms with Crippen LogP contribution in [0, 0.1) is 3.57 Å². The number of halogens is 1. The summed E-state index contributed by atoms with van der Waals surface area (Å²) >= 11 is 3.45. The quantitative estimate of drug-likeness (QED) is 0.233. The highest BCUT2D eigenvalue weighted by molar-refractivity contribution is 14.1. The Morgan fingerprint density at radius 2 is 2.35 bits per heavy atom. The number of thiazole rings is 1. The summed E-state index contributed by atoms with van der Waals surface area (Å²) in [7, 11) is 0. The number of hydrogen-bond acceptors (Lipinski definition) is 8. The first kappa shape index (κ1) is 17.5. The van der Waals surface area contributed by atoms with Gasteiger partial charge in [0.25, 0.3) is 0 Å². The SMILES string of the molecule is CCOc1cc(C=NNc2nc(N)cs2)cc(I)c1OC(C)=O. The molecular weight excluding hydrogens is 431 g/mol. The molecule has 0 atom stereocenters. The van der Waals surface area contributed by atoms with Crippen LogP contribution < -0.4 is 20.6 Å². The molecule has 23 heavy (non-hydrogen) atoms. The van der Waals surface area contributed by atoms with Crippen LogP contribution in [0.3, 0.4) is 0 Å². The maximum Gasteiger partial charge on any atom is 0.308 e. The Kier molecular flexibility index (Phi) is 6.16. The van der Waals surface area contributed by atoms with Crippen molar-refractivity contribution in [3.8, 4) is 11.5 Å². The summed E-state index contributed by atoms with van der Waals surface area (Å²) < 4.78 is 11.5. The van der Waals surface area contributed by atoms with Gasteiger partial charge in [-0.15, -0.1) is 11.3 Å². The zero-order valence-electron chi connectivity index (χ0n) is 12.5. The smallest absolute Gasteiger partial charge is 0.308 e. The lowest BCUT2D eigenvalue weighted by Crippen LogP contribution is -2.06. The number of hydrazone groups is 1. The number of carbonyl (C=O) groups excluding carboxylic acids is 1. The number of nitrogens with one attached hydrogen (secondary N) is 1. The van der Waals surface area contributed by atoms with Gasteiger partial charge in [-0.1, -0.05) is 0 Å². The van der Waals surface area contributed by atoms with E-state index in [1.807, 2.05) is 13.0 Å². The van der Waals surface area contributed by atoms with Gasteiger partial charge in [-0.2, -0.15) is 5.10 Å². The molecule has 0 spiro atoms. The molecule has 0 unspecified atom stereocenters. The van der Waals surface area contributed by atoms with Crippen molar-refractivity contribution in [3.05, 3.63) is 26.6 Å². The maximum atomic E-state index is 11.2. The lowest BCUT2D eigenvalue weighted by molar-refractivity contribution is -0.132. The predicted octanol–water partition coefficient (Wildman–Crippen LogP) is 3.10. The van der Waals surface area contributed by atoms with Gasteiger partial charge in [0.15, 0.2) is 11.5 Å². The summed E-state index contributed by atoms with van der Waals surface area (Å²) in [6.45, 7) is 3.67. The summed E-state index contributed by atoms with van der Waals surface area (Å²) in [5, 5.41) is 6.44. The van der Waals surface area contributed by atoms with Crippen LogP contribution in [0.2, 0.25) is 0 Å². The molecule has 0 bridgehead atoms. The Morgan fingerprint density at radius 1 is 1.57 bits per heavy atom. The molecular formula is C14H15IN4O3S. The van der Waals surface area contributed by atoms with Crippen LogP contribution in [0.1, 0.15) is 19.4 Å². The number of aromatic nitrogens is 1. The summed E-state index contributed by atoms with van der Waals surface area (Å²) in [5.74, 6) is 0.965. The Morgan fingerprint density at radius 3 is 2.96 bits per heavy atom. The van der Waals surface area contributed by atoms with Crippen LogP contribution in [0.5, 0.6) is 11.5 Å². The Bertz CT molecular complexity index is 733. The van der Waals surface area contributed by atoms with Crippen molar-refractivity contribution in [1.29, 1.82) is 0 Å². The van der Waals surface area contributed by atoms with Gasteiger partial charge in [-0.05, 0) is 47.2 Å². The molecule has 1 aromatic carbocycles. The highest BCUT2D eigenvalue weighted by Gasteiger charge is 2.13. The van der Waals surface area contributed by atoms with Gasteiger partial charge in [0, 0.05) is 12.3 Å². The van der Waals surface area contributed by atoms with Gasteiger partial charge in [-0.25, -0.2) is 4.98 Å². The van der Waals surface area contributed by atoms with Crippen LogP contribution in [0.25, 0.3) is 0 Å². The fourth-order valence-corrected chi connectivity index (χ4v) is 2.95. The molecule has 122 valence electrons. The molecule has 0 radical (unpaired) electrons. The van der Waals surface area contributed by atoms with E-state index in [1.54, 1.807) is 17.7 Å². The van der Waals surface area contributed by atoms with Crippen molar-refractivity contribution in [2.75, 3.05) is 17.8 Å². The summed E-state index contributed by atoms with van der Waals surface area (Å²) in [4.78, 5) is 15.2. The first-order chi connectivity index (χ1) is 11.0. The topological polar surface area (TPSA) is 98.8 Å². The number of nitrogens with two attached hydrogens (primary N) is 1. The van der Waals surface area contributed by atoms with Gasteiger partial charge < -0.3 is 15.2 Å². The number of anilines is 2. The van der Waals surface area contributed by atoms with E-state index in [1.165, 1.54) is 18.3 Å². The zero-order chi connectivity index (χ0) is 16.8. The lowest BCUT2D eigenvalue weighted by Gasteiger charge is -2.12. The second-order valence-electron chi connectivity index (χ2n) is 4.30. The number of ether oxygens (including phenoxy) is 2. The predicted molar refractivity (Wildman–Crippen MR) is 99.4 cm³/mol. The second-order valence-corrected chi connectivity index (χ2v) is 6.32. The number of nitrogens with zero attached hydrogens (tertiary/aromatic N) is 2. The van der Waals surface area contributed by atoms with E-state index < -0.39 is 5.97 Å². The van der Waals surface area contributed by atoms with Gasteiger partial charge in [0.1, 0.15) is 5.82 Å². The molecule has 0 saturated carbocycles. The molecule has 7 nitrogen and oxygen atoms in total. The minimum absolute atomic E-state index is 0.395. The highest BCUT2D eigenvalue weighted by Crippen LogP contribution is 2.34. The average Bonchev–Trinajstić information content (AvgIpc) is 2.88. The Labute approximate surface area is 151 Å². The summed E-state index contributed by atoms with van der Waals surface area (Å²) in [6, 6.07) is 3.59. The van der Waals surface area contributed by atoms with Crippen molar-refractivity contribution >= 4 is 57.1 Å². The van der Waals surface area contributed by atoms with E-state index in [4.69, 9.17) is 15.2 Å². The fraction of sp³-hybridized carbons (Fsp3) is 0.214. The van der Waals surface area contributed by atoms with E-state index in [9.17, 15) is 4.79 Å². The second kappa shape index (κ2) is 8.11. The standard InChI is InChI=1S/C14H15IN4O3S/c1-3-21-11-5-9(4-10(15)13(11)22-8(2)20)6-17-19-14-18-12(16)7-23-14/h4-7H,3,16H2,1-2H3,(H,18,19). The van der Waals surface area contributed by atoms with E-state index in [-0.39, 0.29) is 0 Å². The molecule has 3 N–H and O–H groups in total. The van der Waals surface area contributed by atoms with Crippen LogP contribution >= 0.6 is 33.9 Å². The fourth-order valence-electron chi connectivity index (χ4n) is 1.67. The van der Waals surface area contributed by atoms with Gasteiger partial charge >= 0.3 is 5.97 Å². The number of esters is 1. The molecule has 0 aliphatic rings. The van der Waals surface area contributed by atoms with Crippen LogP contribution in [0.15, 0.2) is 22.6 Å². The Hall–Kier alpha value is -1.88. The third-order valence-corrected chi connectivity index (χ3v) is 4.04. The molecule has 2 aromatic rings. The molecule has 1 aromatic heterocycles. The number of nitrogen functional groups attached to an aromatic ring is 1. The van der Waals surface area contributed by atoms with Crippen molar-refractivity contribution in [2.24, 2.45) is 5.10 Å². The molecule has 0 aliphatic carbocycles. The molecule has 0 fully saturated rings. The van der Waals surface area contributed by atoms with Gasteiger partial charge in [0.2, 0.25) is 5.13 Å². The number of hydrogen-bond donors (Lipinski definition) is 2. The van der Waals surface area contributed by atoms with Crippen molar-refractivity contribution in [1.82, 2.24) is 4.98 Å². The Balaban J connectivity index is 2.20. The van der Waals surface area contributed by atoms with Crippen molar-refractivity contribution in [2.45, 2.75) is 13.8 Å². The lowest BCUT2D eigenvalue weighted by atomic mass is 10.2. The van der Waals surface area contributed by atoms with Crippen LogP contribution in [0.4, 0.5) is 10.9 Å². The van der Waals surface area contributed by atoms with Gasteiger partial charge in [0.05, 0.1) is 16.4 Å². The minimum atomic E-state index is -0.395. The normalized spacial score (nSPS) is 10.7. The third-order valence-electron chi connectivity index (χ3n) is 2.47. The van der Waals surface area contributed by atoms with E-state index in [0.29, 0.717) is 29.1 Å². The van der Waals surface area contributed by atoms with E-state index in [2.05, 4.69) is 38.1 Å². The minimum Gasteiger partial charge on any atom is -0.490 e. The summed E-state index contributed by atoms with van der Waals surface area (Å²) in [6.07, 6.45) is 1.62. The van der Waals surface area contributed by atoms with Crippen molar-refractivity contribution in [3.63, 3.8) is 0 Å². The number of carbonyl (C=O) groups is 1. The van der Waals surface area contributed by atoms with E-state index >= 15 is 0 Å². The molecule has 9 heteroatoms.